The van der Waals surface area contributed by atoms with Gasteiger partial charge in [-0.05, 0) is 81.0 Å². The molecule has 0 radical (unpaired) electrons. The van der Waals surface area contributed by atoms with Crippen LogP contribution in [0, 0.1) is 5.41 Å². The van der Waals surface area contributed by atoms with E-state index in [0.29, 0.717) is 41.2 Å². The monoisotopic (exact) mass is 574 g/mol. The Balaban J connectivity index is 0.889. The predicted octanol–water partition coefficient (Wildman–Crippen LogP) is 4.63. The molecule has 2 aliphatic carbocycles. The zero-order chi connectivity index (χ0) is 28.7. The molecule has 7 rings (SSSR count). The molecule has 0 atom stereocenters. The molecule has 4 fully saturated rings. The molecular formula is C32H42N6O4. The van der Waals surface area contributed by atoms with Crippen LogP contribution in [-0.2, 0) is 23.1 Å². The van der Waals surface area contributed by atoms with E-state index in [1.807, 2.05) is 13.1 Å². The van der Waals surface area contributed by atoms with Crippen molar-refractivity contribution in [3.63, 3.8) is 0 Å². The Bertz CT molecular complexity index is 1390. The van der Waals surface area contributed by atoms with E-state index in [1.165, 1.54) is 51.4 Å². The summed E-state index contributed by atoms with van der Waals surface area (Å²) in [7, 11) is 3.39. The van der Waals surface area contributed by atoms with Crippen LogP contribution in [0.1, 0.15) is 96.8 Å². The summed E-state index contributed by atoms with van der Waals surface area (Å²) in [6.07, 6.45) is 14.0. The molecule has 0 bridgehead atoms. The number of benzene rings is 1. The molecule has 2 saturated heterocycles. The smallest absolute Gasteiger partial charge is 0.337 e. The molecule has 10 heteroatoms. The minimum atomic E-state index is -0.382. The highest BCUT2D eigenvalue weighted by Crippen LogP contribution is 2.43. The standard InChI is InChI=1S/C32H42N6O4/c1-36-29(17-42-28-5-3-4-24(14-28)31(39)40-2)34-35-30(36)23-8-6-22(7-9-23)25-15-33-38(16-25)27-12-10-26(11-13-27)37-18-32(19-37)20-41-21-32/h3-5,14-16,22-23,26-27H,6-13,17-21H2,1-2H3. The third kappa shape index (κ3) is 5.35. The van der Waals surface area contributed by atoms with Crippen LogP contribution in [0.5, 0.6) is 5.75 Å². The lowest BCUT2D eigenvalue weighted by atomic mass is 9.75. The Morgan fingerprint density at radius 1 is 1.00 bits per heavy atom. The number of rotatable bonds is 8. The number of carbonyl (C=O) groups is 1. The Kier molecular flexibility index (Phi) is 7.52. The van der Waals surface area contributed by atoms with Crippen LogP contribution in [0.15, 0.2) is 36.7 Å². The highest BCUT2D eigenvalue weighted by molar-refractivity contribution is 5.89. The van der Waals surface area contributed by atoms with Gasteiger partial charge < -0.3 is 18.8 Å². The number of esters is 1. The zero-order valence-electron chi connectivity index (χ0n) is 24.8. The number of likely N-dealkylation sites (tertiary alicyclic amines) is 1. The molecule has 4 aliphatic rings. The van der Waals surface area contributed by atoms with Crippen molar-refractivity contribution in [1.82, 2.24) is 29.4 Å². The Labute approximate surface area is 247 Å². The van der Waals surface area contributed by atoms with Gasteiger partial charge >= 0.3 is 5.97 Å². The largest absolute Gasteiger partial charge is 0.486 e. The SMILES string of the molecule is COC(=O)c1cccc(OCc2nnc(C3CCC(c4cnn(C5CCC(N6CC7(COC7)C6)CC5)c4)CC3)n2C)c1. The van der Waals surface area contributed by atoms with Gasteiger partial charge in [0.1, 0.15) is 18.2 Å². The van der Waals surface area contributed by atoms with Gasteiger partial charge in [-0.3, -0.25) is 9.58 Å². The van der Waals surface area contributed by atoms with Gasteiger partial charge in [0, 0.05) is 43.7 Å². The van der Waals surface area contributed by atoms with Gasteiger partial charge in [0.05, 0.1) is 38.1 Å². The Morgan fingerprint density at radius 3 is 2.45 bits per heavy atom. The van der Waals surface area contributed by atoms with E-state index in [9.17, 15) is 4.79 Å². The van der Waals surface area contributed by atoms with Crippen molar-refractivity contribution < 1.29 is 19.0 Å². The molecule has 0 amide bonds. The van der Waals surface area contributed by atoms with E-state index in [-0.39, 0.29) is 5.97 Å². The van der Waals surface area contributed by atoms with Crippen LogP contribution in [0.25, 0.3) is 0 Å². The number of nitrogens with zero attached hydrogens (tertiary/aromatic N) is 6. The summed E-state index contributed by atoms with van der Waals surface area (Å²) in [4.78, 5) is 14.5. The molecule has 224 valence electrons. The quantitative estimate of drug-likeness (QED) is 0.359. The number of methoxy groups -OCH3 is 1. The Morgan fingerprint density at radius 2 is 1.74 bits per heavy atom. The zero-order valence-corrected chi connectivity index (χ0v) is 24.8. The van der Waals surface area contributed by atoms with Gasteiger partial charge in [0.15, 0.2) is 5.82 Å². The highest BCUT2D eigenvalue weighted by atomic mass is 16.5. The van der Waals surface area contributed by atoms with E-state index in [1.54, 1.807) is 18.2 Å². The van der Waals surface area contributed by atoms with Crippen molar-refractivity contribution in [2.24, 2.45) is 12.5 Å². The van der Waals surface area contributed by atoms with E-state index in [0.717, 1.165) is 56.6 Å². The van der Waals surface area contributed by atoms with Crippen LogP contribution in [0.2, 0.25) is 0 Å². The molecule has 3 aromatic rings. The molecule has 0 N–H and O–H groups in total. The van der Waals surface area contributed by atoms with Gasteiger partial charge in [-0.15, -0.1) is 10.2 Å². The molecule has 2 aliphatic heterocycles. The van der Waals surface area contributed by atoms with E-state index >= 15 is 0 Å². The number of carbonyl (C=O) groups excluding carboxylic acids is 1. The second-order valence-corrected chi connectivity index (χ2v) is 13.0. The van der Waals surface area contributed by atoms with Crippen molar-refractivity contribution in [2.45, 2.75) is 81.9 Å². The normalized spacial score (nSPS) is 27.3. The second-order valence-electron chi connectivity index (χ2n) is 13.0. The van der Waals surface area contributed by atoms with Crippen LogP contribution in [0.3, 0.4) is 0 Å². The average Bonchev–Trinajstić information content (AvgIpc) is 3.62. The first-order valence-electron chi connectivity index (χ1n) is 15.6. The first-order valence-corrected chi connectivity index (χ1v) is 15.6. The third-order valence-electron chi connectivity index (χ3n) is 10.3. The van der Waals surface area contributed by atoms with Crippen molar-refractivity contribution in [1.29, 1.82) is 0 Å². The van der Waals surface area contributed by atoms with Gasteiger partial charge in [0.25, 0.3) is 0 Å². The van der Waals surface area contributed by atoms with E-state index in [2.05, 4.69) is 36.7 Å². The lowest BCUT2D eigenvalue weighted by molar-refractivity contribution is -0.200. The molecule has 4 heterocycles. The minimum absolute atomic E-state index is 0.290. The highest BCUT2D eigenvalue weighted by Gasteiger charge is 2.50. The molecule has 2 saturated carbocycles. The lowest BCUT2D eigenvalue weighted by Crippen LogP contribution is -2.68. The summed E-state index contributed by atoms with van der Waals surface area (Å²) in [5, 5.41) is 13.8. The molecular weight excluding hydrogens is 532 g/mol. The third-order valence-corrected chi connectivity index (χ3v) is 10.3. The Hall–Kier alpha value is -3.24. The average molecular weight is 575 g/mol. The first-order chi connectivity index (χ1) is 20.5. The minimum Gasteiger partial charge on any atom is -0.486 e. The maximum Gasteiger partial charge on any atom is 0.337 e. The molecule has 2 aromatic heterocycles. The molecule has 1 aromatic carbocycles. The maximum absolute atomic E-state index is 11.8. The summed E-state index contributed by atoms with van der Waals surface area (Å²) in [5.74, 6) is 2.98. The fourth-order valence-corrected chi connectivity index (χ4v) is 7.62. The van der Waals surface area contributed by atoms with Gasteiger partial charge in [-0.2, -0.15) is 5.10 Å². The summed E-state index contributed by atoms with van der Waals surface area (Å²) in [6, 6.07) is 8.29. The maximum atomic E-state index is 11.8. The molecule has 42 heavy (non-hydrogen) atoms. The number of ether oxygens (including phenoxy) is 3. The summed E-state index contributed by atoms with van der Waals surface area (Å²) >= 11 is 0. The summed E-state index contributed by atoms with van der Waals surface area (Å²) in [6.45, 7) is 4.72. The van der Waals surface area contributed by atoms with Crippen LogP contribution < -0.4 is 4.74 Å². The number of aromatic nitrogens is 5. The van der Waals surface area contributed by atoms with Crippen LogP contribution in [-0.4, -0.2) is 74.9 Å². The summed E-state index contributed by atoms with van der Waals surface area (Å²) in [5.41, 5.74) is 2.37. The number of hydrogen-bond donors (Lipinski definition) is 0. The van der Waals surface area contributed by atoms with Crippen molar-refractivity contribution in [3.8, 4) is 5.75 Å². The lowest BCUT2D eigenvalue weighted by Gasteiger charge is -2.58. The second kappa shape index (κ2) is 11.4. The molecule has 1 spiro atoms. The molecule has 10 nitrogen and oxygen atoms in total. The number of hydrogen-bond acceptors (Lipinski definition) is 8. The van der Waals surface area contributed by atoms with Crippen molar-refractivity contribution >= 4 is 5.97 Å². The van der Waals surface area contributed by atoms with Crippen molar-refractivity contribution in [2.75, 3.05) is 33.4 Å². The fraction of sp³-hybridized carbons (Fsp3) is 0.625. The topological polar surface area (TPSA) is 96.5 Å². The first kappa shape index (κ1) is 27.6. The van der Waals surface area contributed by atoms with Gasteiger partial charge in [0.2, 0.25) is 0 Å². The molecule has 0 unspecified atom stereocenters. The van der Waals surface area contributed by atoms with Crippen LogP contribution in [0.4, 0.5) is 0 Å². The van der Waals surface area contributed by atoms with Crippen LogP contribution >= 0.6 is 0 Å². The van der Waals surface area contributed by atoms with Gasteiger partial charge in [-0.25, -0.2) is 4.79 Å². The van der Waals surface area contributed by atoms with Crippen molar-refractivity contribution in [3.05, 3.63) is 59.4 Å². The van der Waals surface area contributed by atoms with E-state index < -0.39 is 0 Å². The van der Waals surface area contributed by atoms with E-state index in [4.69, 9.17) is 19.3 Å². The van der Waals surface area contributed by atoms with Gasteiger partial charge in [-0.1, -0.05) is 6.07 Å². The predicted molar refractivity (Wildman–Crippen MR) is 155 cm³/mol. The fourth-order valence-electron chi connectivity index (χ4n) is 7.62. The summed E-state index contributed by atoms with van der Waals surface area (Å²) < 4.78 is 20.5.